The molecular formula is C20H23FN11O9PS3. The van der Waals surface area contributed by atoms with E-state index in [0.29, 0.717) is 0 Å². The molecule has 9 unspecified atom stereocenters. The Labute approximate surface area is 260 Å². The highest BCUT2D eigenvalue weighted by Crippen LogP contribution is 2.52. The van der Waals surface area contributed by atoms with Crippen LogP contribution in [0.25, 0.3) is 22.3 Å². The van der Waals surface area contributed by atoms with Crippen molar-refractivity contribution in [2.24, 2.45) is 0 Å². The Bertz CT molecular complexity index is 2010. The molecule has 6 N–H and O–H groups in total. The number of nitrogens with two attached hydrogens (primary N) is 1. The van der Waals surface area contributed by atoms with Crippen LogP contribution < -0.4 is 16.0 Å². The van der Waals surface area contributed by atoms with Gasteiger partial charge >= 0.3 is 17.0 Å². The van der Waals surface area contributed by atoms with Crippen molar-refractivity contribution in [2.75, 3.05) is 18.9 Å². The van der Waals surface area contributed by atoms with Crippen LogP contribution in [-0.2, 0) is 40.1 Å². The molecule has 9 atom stereocenters. The number of H-pyrrole nitrogens is 1. The standard InChI is InChI=1S/C20H23FN11O9PS3/c1-6-27-17-11(18(34)28-6)29-30-32(17)20-12(33)14-8(44-20)3-38-42(35,43)40-13-7(2-26-45(36,37)41-14)39-19(9(13)21)31-5-25-10-15(22)23-4-24-16(10)31/h4-5,7-9,12-14,19-20,26,33H,2-3H2,1H3,(H,35,43)(H2,22,23,24)(H,27,28,34). The molecule has 4 aromatic heterocycles. The third kappa shape index (κ3) is 5.52. The van der Waals surface area contributed by atoms with Crippen molar-refractivity contribution in [1.82, 2.24) is 49.2 Å². The van der Waals surface area contributed by atoms with E-state index in [1.807, 2.05) is 0 Å². The second-order valence-corrected chi connectivity index (χ2v) is 15.7. The average molecular weight is 708 g/mol. The van der Waals surface area contributed by atoms with Gasteiger partial charge in [-0.3, -0.25) is 18.1 Å². The Balaban J connectivity index is 1.17. The van der Waals surface area contributed by atoms with Gasteiger partial charge in [0.05, 0.1) is 18.2 Å². The summed E-state index contributed by atoms with van der Waals surface area (Å²) in [6, 6.07) is 0. The van der Waals surface area contributed by atoms with Gasteiger partial charge in [-0.25, -0.2) is 29.0 Å². The highest BCUT2D eigenvalue weighted by molar-refractivity contribution is 8.07. The average Bonchev–Trinajstić information content (AvgIpc) is 3.72. The first-order valence-electron chi connectivity index (χ1n) is 13.0. The molecule has 20 nitrogen and oxygen atoms in total. The van der Waals surface area contributed by atoms with E-state index < -0.39 is 83.2 Å². The fraction of sp³-hybridized carbons (Fsp3) is 0.550. The number of alkyl halides is 1. The predicted octanol–water partition coefficient (Wildman–Crippen LogP) is -1.69. The number of nitrogens with one attached hydrogen (secondary N) is 2. The topological polar surface area (TPSA) is 270 Å². The van der Waals surface area contributed by atoms with Crippen LogP contribution in [0, 0.1) is 6.92 Å². The molecule has 0 radical (unpaired) electrons. The number of rotatable bonds is 2. The number of aliphatic hydroxyl groups is 1. The Morgan fingerprint density at radius 1 is 1.24 bits per heavy atom. The molecule has 0 aliphatic carbocycles. The van der Waals surface area contributed by atoms with E-state index in [2.05, 4.69) is 40.0 Å². The van der Waals surface area contributed by atoms with Crippen molar-refractivity contribution >= 4 is 68.7 Å². The first-order chi connectivity index (χ1) is 21.3. The highest BCUT2D eigenvalue weighted by atomic mass is 32.5. The van der Waals surface area contributed by atoms with Crippen molar-refractivity contribution in [3.8, 4) is 0 Å². The maximum Gasteiger partial charge on any atom is 0.336 e. The molecule has 0 aromatic carbocycles. The molecule has 3 aliphatic heterocycles. The number of hydrogen-bond donors (Lipinski definition) is 5. The van der Waals surface area contributed by atoms with Crippen molar-refractivity contribution in [3.05, 3.63) is 28.8 Å². The first-order valence-corrected chi connectivity index (χ1v) is 18.0. The summed E-state index contributed by atoms with van der Waals surface area (Å²) in [7, 11) is -4.63. The van der Waals surface area contributed by atoms with Gasteiger partial charge in [-0.15, -0.1) is 16.9 Å². The first kappa shape index (κ1) is 30.9. The Kier molecular flexibility index (Phi) is 7.67. The van der Waals surface area contributed by atoms with Crippen molar-refractivity contribution < 1.29 is 40.8 Å². The molecule has 242 valence electrons. The minimum absolute atomic E-state index is 0.0379. The SMILES string of the molecule is Cc1nc2c(nnn2C2SC3COP(O)(=S)OC4C(CNS(=O)(=O)OC3C2O)OC(n2cnc3c(N)ncnc32)C4F)c(=O)[nH]1. The van der Waals surface area contributed by atoms with E-state index >= 15 is 4.39 Å². The van der Waals surface area contributed by atoms with Crippen molar-refractivity contribution in [1.29, 1.82) is 0 Å². The van der Waals surface area contributed by atoms with Crippen LogP contribution in [0.4, 0.5) is 10.2 Å². The van der Waals surface area contributed by atoms with Crippen LogP contribution in [0.1, 0.15) is 17.4 Å². The van der Waals surface area contributed by atoms with E-state index in [0.717, 1.165) is 22.8 Å². The lowest BCUT2D eigenvalue weighted by molar-refractivity contribution is -0.0207. The van der Waals surface area contributed by atoms with E-state index in [-0.39, 0.29) is 34.0 Å². The molecule has 0 bridgehead atoms. The molecular weight excluding hydrogens is 684 g/mol. The zero-order chi connectivity index (χ0) is 31.8. The van der Waals surface area contributed by atoms with E-state index in [4.69, 9.17) is 35.5 Å². The van der Waals surface area contributed by atoms with Crippen LogP contribution in [0.3, 0.4) is 0 Å². The van der Waals surface area contributed by atoms with Gasteiger partial charge in [0.2, 0.25) is 0 Å². The van der Waals surface area contributed by atoms with E-state index in [1.54, 1.807) is 0 Å². The molecule has 3 saturated heterocycles. The smallest absolute Gasteiger partial charge is 0.336 e. The van der Waals surface area contributed by atoms with Gasteiger partial charge in [0.1, 0.15) is 47.5 Å². The predicted molar refractivity (Wildman–Crippen MR) is 155 cm³/mol. The molecule has 0 amide bonds. The second kappa shape index (κ2) is 11.2. The lowest BCUT2D eigenvalue weighted by Crippen LogP contribution is -2.45. The molecule has 0 saturated carbocycles. The normalized spacial score (nSPS) is 35.6. The monoisotopic (exact) mass is 707 g/mol. The van der Waals surface area contributed by atoms with E-state index in [1.165, 1.54) is 17.8 Å². The summed E-state index contributed by atoms with van der Waals surface area (Å²) in [6.45, 7) is -3.76. The molecule has 4 aromatic rings. The molecule has 7 heterocycles. The Morgan fingerprint density at radius 2 is 2.04 bits per heavy atom. The minimum Gasteiger partial charge on any atom is -0.387 e. The van der Waals surface area contributed by atoms with Gasteiger partial charge in [0.15, 0.2) is 35.0 Å². The zero-order valence-corrected chi connectivity index (χ0v) is 26.0. The number of imidazole rings is 1. The lowest BCUT2D eigenvalue weighted by Gasteiger charge is -2.28. The molecule has 3 fully saturated rings. The Morgan fingerprint density at radius 3 is 2.84 bits per heavy atom. The zero-order valence-electron chi connectivity index (χ0n) is 22.6. The number of aryl methyl sites for hydroxylation is 1. The van der Waals surface area contributed by atoms with Crippen LogP contribution >= 0.6 is 18.5 Å². The van der Waals surface area contributed by atoms with Gasteiger partial charge in [0.25, 0.3) is 5.56 Å². The lowest BCUT2D eigenvalue weighted by atomic mass is 10.1. The molecule has 7 rings (SSSR count). The maximum absolute atomic E-state index is 16.0. The number of anilines is 1. The maximum atomic E-state index is 16.0. The quantitative estimate of drug-likeness (QED) is 0.145. The van der Waals surface area contributed by atoms with Gasteiger partial charge in [-0.05, 0) is 18.7 Å². The van der Waals surface area contributed by atoms with Crippen molar-refractivity contribution in [3.63, 3.8) is 0 Å². The number of thioether (sulfide) groups is 1. The summed E-state index contributed by atoms with van der Waals surface area (Å²) < 4.78 is 69.1. The van der Waals surface area contributed by atoms with Crippen LogP contribution in [-0.4, -0.2) is 112 Å². The van der Waals surface area contributed by atoms with Crippen LogP contribution in [0.15, 0.2) is 17.4 Å². The van der Waals surface area contributed by atoms with Crippen LogP contribution in [0.5, 0.6) is 0 Å². The minimum atomic E-state index is -4.63. The summed E-state index contributed by atoms with van der Waals surface area (Å²) >= 11 is 6.14. The number of aromatic amines is 1. The molecule has 3 aliphatic rings. The third-order valence-corrected chi connectivity index (χ3v) is 11.4. The van der Waals surface area contributed by atoms with Crippen molar-refractivity contribution in [2.45, 2.75) is 54.4 Å². The summed E-state index contributed by atoms with van der Waals surface area (Å²) in [5.41, 5.74) is 5.53. The van der Waals surface area contributed by atoms with Gasteiger partial charge in [-0.1, -0.05) is 5.21 Å². The molecule has 0 spiro atoms. The van der Waals surface area contributed by atoms with Gasteiger partial charge in [-0.2, -0.15) is 13.1 Å². The summed E-state index contributed by atoms with van der Waals surface area (Å²) in [4.78, 5) is 42.0. The number of fused-ring (bicyclic) bond motifs is 4. The van der Waals surface area contributed by atoms with Gasteiger partial charge < -0.3 is 30.0 Å². The largest absolute Gasteiger partial charge is 0.387 e. The van der Waals surface area contributed by atoms with Crippen LogP contribution in [0.2, 0.25) is 0 Å². The number of halogens is 1. The van der Waals surface area contributed by atoms with E-state index in [9.17, 15) is 23.2 Å². The number of nitrogen functional groups attached to an aromatic ring is 1. The number of aliphatic hydroxyl groups excluding tert-OH is 1. The third-order valence-electron chi connectivity index (χ3n) is 7.29. The summed E-state index contributed by atoms with van der Waals surface area (Å²) in [5.74, 6) is 0.299. The molecule has 45 heavy (non-hydrogen) atoms. The van der Waals surface area contributed by atoms with Gasteiger partial charge in [0, 0.05) is 6.54 Å². The number of ether oxygens (including phenoxy) is 1. The fourth-order valence-electron chi connectivity index (χ4n) is 5.28. The number of hydrogen-bond acceptors (Lipinski definition) is 17. The highest BCUT2D eigenvalue weighted by Gasteiger charge is 2.53. The second-order valence-electron chi connectivity index (χ2n) is 10.2. The summed E-state index contributed by atoms with van der Waals surface area (Å²) in [6.07, 6.45) is -7.08. The molecule has 25 heteroatoms. The summed E-state index contributed by atoms with van der Waals surface area (Å²) in [5, 5.41) is 17.0. The number of aromatic nitrogens is 9. The Hall–Kier alpha value is -2.77. The number of nitrogens with zero attached hydrogens (tertiary/aromatic N) is 8. The fourth-order valence-corrected chi connectivity index (χ4v) is 9.32.